The van der Waals surface area contributed by atoms with Gasteiger partial charge in [-0.1, -0.05) is 54.6 Å². The van der Waals surface area contributed by atoms with Crippen LogP contribution in [0, 0.1) is 0 Å². The first-order valence-corrected chi connectivity index (χ1v) is 9.40. The van der Waals surface area contributed by atoms with E-state index in [2.05, 4.69) is 18.2 Å². The molecule has 0 aromatic heterocycles. The second kappa shape index (κ2) is 8.83. The Balaban J connectivity index is 1.37. The number of aldehydes is 1. The number of hydrogen-bond donors (Lipinski definition) is 0. The second-order valence-corrected chi connectivity index (χ2v) is 6.75. The summed E-state index contributed by atoms with van der Waals surface area (Å²) in [6.45, 7) is 1.84. The minimum atomic E-state index is -0.138. The zero-order valence-electron chi connectivity index (χ0n) is 15.5. The van der Waals surface area contributed by atoms with Crippen molar-refractivity contribution >= 4 is 6.29 Å². The van der Waals surface area contributed by atoms with Crippen molar-refractivity contribution in [1.29, 1.82) is 0 Å². The fourth-order valence-electron chi connectivity index (χ4n) is 3.27. The van der Waals surface area contributed by atoms with Crippen molar-refractivity contribution in [3.8, 4) is 16.9 Å². The lowest BCUT2D eigenvalue weighted by atomic mass is 10.0. The molecule has 1 fully saturated rings. The summed E-state index contributed by atoms with van der Waals surface area (Å²) in [6.07, 6.45) is 1.48. The van der Waals surface area contributed by atoms with Gasteiger partial charge in [0, 0.05) is 12.0 Å². The number of rotatable bonds is 7. The summed E-state index contributed by atoms with van der Waals surface area (Å²) in [4.78, 5) is 11.0. The Morgan fingerprint density at radius 1 is 0.857 bits per heavy atom. The number of benzene rings is 3. The molecule has 1 aliphatic heterocycles. The third kappa shape index (κ3) is 4.66. The Morgan fingerprint density at radius 3 is 2.39 bits per heavy atom. The molecule has 0 bridgehead atoms. The van der Waals surface area contributed by atoms with Crippen molar-refractivity contribution in [3.63, 3.8) is 0 Å². The molecule has 142 valence electrons. The van der Waals surface area contributed by atoms with Crippen LogP contribution in [-0.4, -0.2) is 25.8 Å². The van der Waals surface area contributed by atoms with E-state index >= 15 is 0 Å². The number of hydrogen-bond acceptors (Lipinski definition) is 4. The van der Waals surface area contributed by atoms with Gasteiger partial charge in [0.05, 0.1) is 13.2 Å². The molecule has 0 saturated carbocycles. The zero-order chi connectivity index (χ0) is 19.2. The van der Waals surface area contributed by atoms with E-state index in [9.17, 15) is 4.79 Å². The largest absolute Gasteiger partial charge is 0.489 e. The van der Waals surface area contributed by atoms with Gasteiger partial charge in [-0.3, -0.25) is 4.79 Å². The Hall–Kier alpha value is -2.95. The Bertz CT molecular complexity index is 927. The maximum Gasteiger partial charge on any atom is 0.161 e. The fourth-order valence-corrected chi connectivity index (χ4v) is 3.27. The average molecular weight is 374 g/mol. The van der Waals surface area contributed by atoms with E-state index in [1.165, 1.54) is 5.56 Å². The van der Waals surface area contributed by atoms with Gasteiger partial charge in [0.15, 0.2) is 6.29 Å². The van der Waals surface area contributed by atoms with Gasteiger partial charge in [0.25, 0.3) is 0 Å². The molecule has 4 nitrogen and oxygen atoms in total. The molecule has 0 N–H and O–H groups in total. The monoisotopic (exact) mass is 374 g/mol. The predicted molar refractivity (Wildman–Crippen MR) is 107 cm³/mol. The molecular formula is C24H22O4. The topological polar surface area (TPSA) is 44.8 Å². The van der Waals surface area contributed by atoms with Gasteiger partial charge in [0.1, 0.15) is 18.6 Å². The Morgan fingerprint density at radius 2 is 1.61 bits per heavy atom. The van der Waals surface area contributed by atoms with Crippen LogP contribution in [0.15, 0.2) is 72.8 Å². The second-order valence-electron chi connectivity index (χ2n) is 6.75. The molecule has 4 rings (SSSR count). The summed E-state index contributed by atoms with van der Waals surface area (Å²) in [6, 6.07) is 23.8. The average Bonchev–Trinajstić information content (AvgIpc) is 3.26. The first-order chi connectivity index (χ1) is 13.8. The van der Waals surface area contributed by atoms with Gasteiger partial charge in [-0.2, -0.15) is 0 Å². The van der Waals surface area contributed by atoms with Crippen molar-refractivity contribution in [2.75, 3.05) is 13.2 Å². The van der Waals surface area contributed by atoms with E-state index in [-0.39, 0.29) is 6.29 Å². The van der Waals surface area contributed by atoms with Gasteiger partial charge in [-0.25, -0.2) is 0 Å². The number of carbonyl (C=O) groups is 1. The van der Waals surface area contributed by atoms with Gasteiger partial charge < -0.3 is 14.2 Å². The Labute approximate surface area is 164 Å². The van der Waals surface area contributed by atoms with Crippen molar-refractivity contribution in [2.45, 2.75) is 19.3 Å². The molecular weight excluding hydrogens is 352 g/mol. The molecule has 0 amide bonds. The van der Waals surface area contributed by atoms with Crippen molar-refractivity contribution in [3.05, 3.63) is 89.5 Å². The minimum absolute atomic E-state index is 0.138. The van der Waals surface area contributed by atoms with Crippen LogP contribution >= 0.6 is 0 Å². The summed E-state index contributed by atoms with van der Waals surface area (Å²) in [7, 11) is 0. The van der Waals surface area contributed by atoms with E-state index < -0.39 is 0 Å². The van der Waals surface area contributed by atoms with E-state index in [0.29, 0.717) is 25.4 Å². The van der Waals surface area contributed by atoms with E-state index in [1.807, 2.05) is 48.5 Å². The van der Waals surface area contributed by atoms with Gasteiger partial charge in [-0.05, 0) is 40.5 Å². The molecule has 0 unspecified atom stereocenters. The lowest BCUT2D eigenvalue weighted by molar-refractivity contribution is -0.0400. The highest BCUT2D eigenvalue weighted by Crippen LogP contribution is 2.24. The van der Waals surface area contributed by atoms with Crippen LogP contribution in [0.4, 0.5) is 0 Å². The molecule has 3 aromatic carbocycles. The summed E-state index contributed by atoms with van der Waals surface area (Å²) in [5.74, 6) is 0.808. The van der Waals surface area contributed by atoms with Gasteiger partial charge >= 0.3 is 0 Å². The maximum absolute atomic E-state index is 11.0. The molecule has 3 aromatic rings. The maximum atomic E-state index is 11.0. The van der Waals surface area contributed by atoms with Crippen LogP contribution in [0.25, 0.3) is 11.1 Å². The van der Waals surface area contributed by atoms with Crippen LogP contribution in [0.3, 0.4) is 0 Å². The van der Waals surface area contributed by atoms with E-state index in [0.717, 1.165) is 35.1 Å². The lowest BCUT2D eigenvalue weighted by Crippen LogP contribution is -2.11. The van der Waals surface area contributed by atoms with E-state index in [4.69, 9.17) is 14.2 Å². The quantitative estimate of drug-likeness (QED) is 0.564. The molecule has 4 heteroatoms. The lowest BCUT2D eigenvalue weighted by Gasteiger charge is -2.11. The van der Waals surface area contributed by atoms with Gasteiger partial charge in [0.2, 0.25) is 0 Å². The van der Waals surface area contributed by atoms with Crippen LogP contribution in [0.5, 0.6) is 5.75 Å². The van der Waals surface area contributed by atoms with Crippen LogP contribution in [0.1, 0.15) is 21.5 Å². The smallest absolute Gasteiger partial charge is 0.161 e. The number of ether oxygens (including phenoxy) is 3. The minimum Gasteiger partial charge on any atom is -0.489 e. The molecule has 0 atom stereocenters. The van der Waals surface area contributed by atoms with Gasteiger partial charge in [-0.15, -0.1) is 0 Å². The van der Waals surface area contributed by atoms with Crippen molar-refractivity contribution in [1.82, 2.24) is 0 Å². The standard InChI is InChI=1S/C24H22O4/c25-16-19-4-2-6-22(14-19)21-7-9-23(10-8-21)28-17-20-5-1-3-18(13-20)15-24-26-11-12-27-24/h1-10,13-14,16,24H,11-12,15,17H2. The number of carbonyl (C=O) groups excluding carboxylic acids is 1. The highest BCUT2D eigenvalue weighted by molar-refractivity contribution is 5.78. The van der Waals surface area contributed by atoms with E-state index in [1.54, 1.807) is 6.07 Å². The van der Waals surface area contributed by atoms with Crippen LogP contribution in [-0.2, 0) is 22.5 Å². The molecule has 28 heavy (non-hydrogen) atoms. The highest BCUT2D eigenvalue weighted by atomic mass is 16.7. The molecule has 0 spiro atoms. The first-order valence-electron chi connectivity index (χ1n) is 9.40. The molecule has 0 radical (unpaired) electrons. The summed E-state index contributed by atoms with van der Waals surface area (Å²) >= 11 is 0. The SMILES string of the molecule is O=Cc1cccc(-c2ccc(OCc3cccc(CC4OCCO4)c3)cc2)c1. The summed E-state index contributed by atoms with van der Waals surface area (Å²) < 4.78 is 17.0. The van der Waals surface area contributed by atoms with Crippen LogP contribution in [0.2, 0.25) is 0 Å². The Kier molecular flexibility index (Phi) is 5.80. The normalized spacial score (nSPS) is 14.1. The summed E-state index contributed by atoms with van der Waals surface area (Å²) in [5, 5.41) is 0. The predicted octanol–water partition coefficient (Wildman–Crippen LogP) is 4.66. The molecule has 1 saturated heterocycles. The van der Waals surface area contributed by atoms with Crippen molar-refractivity contribution < 1.29 is 19.0 Å². The van der Waals surface area contributed by atoms with Crippen molar-refractivity contribution in [2.24, 2.45) is 0 Å². The third-order valence-corrected chi connectivity index (χ3v) is 4.70. The fraction of sp³-hybridized carbons (Fsp3) is 0.208. The molecule has 1 aliphatic rings. The highest BCUT2D eigenvalue weighted by Gasteiger charge is 2.16. The first kappa shape index (κ1) is 18.4. The molecule has 1 heterocycles. The molecule has 0 aliphatic carbocycles. The third-order valence-electron chi connectivity index (χ3n) is 4.70. The van der Waals surface area contributed by atoms with Crippen LogP contribution < -0.4 is 4.74 Å². The summed E-state index contributed by atoms with van der Waals surface area (Å²) in [5.41, 5.74) is 5.03. The zero-order valence-corrected chi connectivity index (χ0v) is 15.5.